The first-order chi connectivity index (χ1) is 6.63. The minimum Gasteiger partial charge on any atom is -0.407 e. The van der Waals surface area contributed by atoms with Gasteiger partial charge in [-0.1, -0.05) is 0 Å². The van der Waals surface area contributed by atoms with Gasteiger partial charge in [-0.15, -0.1) is 0 Å². The second-order valence-electron chi connectivity index (χ2n) is 2.49. The Morgan fingerprint density at radius 2 is 2.21 bits per heavy atom. The first-order valence-electron chi connectivity index (χ1n) is 4.04. The molecule has 0 atom stereocenters. The molecule has 0 saturated carbocycles. The highest BCUT2D eigenvalue weighted by molar-refractivity contribution is 5.70. The van der Waals surface area contributed by atoms with E-state index >= 15 is 0 Å². The first kappa shape index (κ1) is 10.4. The quantitative estimate of drug-likeness (QED) is 0.795. The molecule has 1 aromatic carbocycles. The lowest BCUT2D eigenvalue weighted by Gasteiger charge is -2.05. The van der Waals surface area contributed by atoms with Crippen molar-refractivity contribution in [2.75, 3.05) is 6.54 Å². The van der Waals surface area contributed by atoms with Crippen molar-refractivity contribution in [3.8, 4) is 5.75 Å². The Labute approximate surface area is 79.7 Å². The number of hydrogen-bond acceptors (Lipinski definition) is 2. The van der Waals surface area contributed by atoms with Crippen LogP contribution in [0.3, 0.4) is 0 Å². The molecule has 0 heterocycles. The van der Waals surface area contributed by atoms with Gasteiger partial charge in [0, 0.05) is 12.6 Å². The Morgan fingerprint density at radius 3 is 2.86 bits per heavy atom. The molecule has 5 heteroatoms. The number of hydrogen-bond donors (Lipinski definition) is 1. The van der Waals surface area contributed by atoms with Crippen molar-refractivity contribution in [3.05, 3.63) is 29.8 Å². The van der Waals surface area contributed by atoms with Gasteiger partial charge in [-0.05, 0) is 19.1 Å². The third-order valence-electron chi connectivity index (χ3n) is 1.42. The van der Waals surface area contributed by atoms with Crippen LogP contribution in [0.2, 0.25) is 0 Å². The van der Waals surface area contributed by atoms with Gasteiger partial charge in [0.15, 0.2) is 11.6 Å². The van der Waals surface area contributed by atoms with Crippen LogP contribution in [0.15, 0.2) is 18.2 Å². The van der Waals surface area contributed by atoms with E-state index in [0.717, 1.165) is 18.2 Å². The van der Waals surface area contributed by atoms with Gasteiger partial charge in [-0.3, -0.25) is 0 Å². The van der Waals surface area contributed by atoms with Gasteiger partial charge in [0.1, 0.15) is 5.82 Å². The van der Waals surface area contributed by atoms with Crippen LogP contribution in [0.4, 0.5) is 13.6 Å². The molecule has 3 nitrogen and oxygen atoms in total. The number of amides is 1. The van der Waals surface area contributed by atoms with Crippen molar-refractivity contribution in [2.45, 2.75) is 6.92 Å². The molecule has 0 aromatic heterocycles. The van der Waals surface area contributed by atoms with Crippen molar-refractivity contribution in [3.63, 3.8) is 0 Å². The Hall–Kier alpha value is -1.65. The number of nitrogens with one attached hydrogen (secondary N) is 1. The molecule has 0 aliphatic carbocycles. The normalized spacial score (nSPS) is 9.64. The summed E-state index contributed by atoms with van der Waals surface area (Å²) in [6.45, 7) is 2.04. The van der Waals surface area contributed by atoms with E-state index in [-0.39, 0.29) is 0 Å². The molecule has 1 aromatic rings. The summed E-state index contributed by atoms with van der Waals surface area (Å²) >= 11 is 0. The third kappa shape index (κ3) is 2.69. The highest BCUT2D eigenvalue weighted by Gasteiger charge is 2.09. The minimum absolute atomic E-state index is 0.357. The van der Waals surface area contributed by atoms with E-state index < -0.39 is 23.5 Å². The predicted octanol–water partition coefficient (Wildman–Crippen LogP) is 2.07. The Bertz CT molecular complexity index is 342. The lowest BCUT2D eigenvalue weighted by Crippen LogP contribution is -2.26. The molecule has 0 unspecified atom stereocenters. The van der Waals surface area contributed by atoms with Crippen LogP contribution in [-0.2, 0) is 0 Å². The minimum atomic E-state index is -0.808. The maximum absolute atomic E-state index is 12.9. The van der Waals surface area contributed by atoms with Crippen molar-refractivity contribution < 1.29 is 18.3 Å². The summed E-state index contributed by atoms with van der Waals surface area (Å²) in [5.74, 6) is -1.86. The van der Waals surface area contributed by atoms with E-state index in [0.29, 0.717) is 6.54 Å². The number of carbonyl (C=O) groups excluding carboxylic acids is 1. The number of rotatable bonds is 2. The van der Waals surface area contributed by atoms with Gasteiger partial charge in [0.2, 0.25) is 0 Å². The first-order valence-corrected chi connectivity index (χ1v) is 4.04. The van der Waals surface area contributed by atoms with Gasteiger partial charge in [-0.25, -0.2) is 13.6 Å². The molecule has 0 fully saturated rings. The summed E-state index contributed by atoms with van der Waals surface area (Å²) in [5, 5.41) is 2.29. The fourth-order valence-electron chi connectivity index (χ4n) is 0.836. The lowest BCUT2D eigenvalue weighted by molar-refractivity contribution is 0.199. The Morgan fingerprint density at radius 1 is 1.50 bits per heavy atom. The molecule has 76 valence electrons. The van der Waals surface area contributed by atoms with Crippen LogP contribution in [0.1, 0.15) is 6.92 Å². The Kier molecular flexibility index (Phi) is 3.39. The van der Waals surface area contributed by atoms with E-state index in [9.17, 15) is 13.6 Å². The summed E-state index contributed by atoms with van der Waals surface area (Å²) in [4.78, 5) is 10.9. The molecule has 0 aliphatic rings. The van der Waals surface area contributed by atoms with Crippen LogP contribution in [0.5, 0.6) is 5.75 Å². The summed E-state index contributed by atoms with van der Waals surface area (Å²) in [5.41, 5.74) is 0. The second kappa shape index (κ2) is 4.55. The van der Waals surface area contributed by atoms with Crippen LogP contribution in [0.25, 0.3) is 0 Å². The van der Waals surface area contributed by atoms with E-state index in [1.807, 2.05) is 0 Å². The largest absolute Gasteiger partial charge is 0.412 e. The number of benzene rings is 1. The molecule has 0 aliphatic heterocycles. The van der Waals surface area contributed by atoms with Gasteiger partial charge >= 0.3 is 6.09 Å². The number of halogens is 2. The molecule has 1 rings (SSSR count). The predicted molar refractivity (Wildman–Crippen MR) is 46.1 cm³/mol. The van der Waals surface area contributed by atoms with Crippen molar-refractivity contribution in [1.82, 2.24) is 5.32 Å². The highest BCUT2D eigenvalue weighted by Crippen LogP contribution is 2.17. The number of ether oxygens (including phenoxy) is 1. The maximum atomic E-state index is 12.9. The molecule has 14 heavy (non-hydrogen) atoms. The molecular weight excluding hydrogens is 192 g/mol. The Balaban J connectivity index is 2.75. The molecule has 0 spiro atoms. The molecule has 0 radical (unpaired) electrons. The van der Waals surface area contributed by atoms with Crippen LogP contribution in [-0.4, -0.2) is 12.6 Å². The van der Waals surface area contributed by atoms with Gasteiger partial charge < -0.3 is 10.1 Å². The van der Waals surface area contributed by atoms with Crippen LogP contribution < -0.4 is 10.1 Å². The molecule has 0 saturated heterocycles. The average molecular weight is 201 g/mol. The lowest BCUT2D eigenvalue weighted by atomic mass is 10.3. The fourth-order valence-corrected chi connectivity index (χ4v) is 0.836. The van der Waals surface area contributed by atoms with E-state index in [1.54, 1.807) is 6.92 Å². The number of carbonyl (C=O) groups is 1. The highest BCUT2D eigenvalue weighted by atomic mass is 19.1. The third-order valence-corrected chi connectivity index (χ3v) is 1.42. The van der Waals surface area contributed by atoms with E-state index in [2.05, 4.69) is 10.1 Å². The monoisotopic (exact) mass is 201 g/mol. The summed E-state index contributed by atoms with van der Waals surface area (Å²) in [6.07, 6.45) is -0.808. The SMILES string of the molecule is CCNC(=O)Oc1cc(F)ccc1F. The fraction of sp³-hybridized carbons (Fsp3) is 0.222. The molecule has 1 amide bonds. The van der Waals surface area contributed by atoms with E-state index in [4.69, 9.17) is 0 Å². The van der Waals surface area contributed by atoms with Gasteiger partial charge in [-0.2, -0.15) is 0 Å². The zero-order valence-corrected chi connectivity index (χ0v) is 7.51. The smallest absolute Gasteiger partial charge is 0.407 e. The standard InChI is InChI=1S/C9H9F2NO2/c1-2-12-9(13)14-8-5-6(10)3-4-7(8)11/h3-5H,2H2,1H3,(H,12,13). The average Bonchev–Trinajstić information content (AvgIpc) is 2.12. The van der Waals surface area contributed by atoms with Crippen molar-refractivity contribution in [2.24, 2.45) is 0 Å². The van der Waals surface area contributed by atoms with Crippen molar-refractivity contribution >= 4 is 6.09 Å². The van der Waals surface area contributed by atoms with E-state index in [1.165, 1.54) is 0 Å². The van der Waals surface area contributed by atoms with Gasteiger partial charge in [0.25, 0.3) is 0 Å². The molecule has 1 N–H and O–H groups in total. The second-order valence-corrected chi connectivity index (χ2v) is 2.49. The summed E-state index contributed by atoms with van der Waals surface area (Å²) in [6, 6.07) is 2.65. The van der Waals surface area contributed by atoms with Gasteiger partial charge in [0.05, 0.1) is 0 Å². The summed E-state index contributed by atoms with van der Waals surface area (Å²) < 4.78 is 30.0. The zero-order chi connectivity index (χ0) is 10.6. The molecule has 0 bridgehead atoms. The van der Waals surface area contributed by atoms with Crippen LogP contribution >= 0.6 is 0 Å². The molecular formula is C9H9F2NO2. The topological polar surface area (TPSA) is 38.3 Å². The van der Waals surface area contributed by atoms with Crippen LogP contribution in [0, 0.1) is 11.6 Å². The zero-order valence-electron chi connectivity index (χ0n) is 7.51. The van der Waals surface area contributed by atoms with Crippen molar-refractivity contribution in [1.29, 1.82) is 0 Å². The summed E-state index contributed by atoms with van der Waals surface area (Å²) in [7, 11) is 0. The maximum Gasteiger partial charge on any atom is 0.412 e.